The van der Waals surface area contributed by atoms with Crippen molar-refractivity contribution in [3.05, 3.63) is 51.4 Å². The zero-order valence-electron chi connectivity index (χ0n) is 15.0. The Labute approximate surface area is 167 Å². The van der Waals surface area contributed by atoms with Crippen molar-refractivity contribution in [3.8, 4) is 5.75 Å². The molecule has 2 amide bonds. The van der Waals surface area contributed by atoms with Crippen LogP contribution < -0.4 is 10.7 Å². The van der Waals surface area contributed by atoms with Gasteiger partial charge in [-0.2, -0.15) is 8.75 Å². The van der Waals surface area contributed by atoms with Crippen LogP contribution in [0.4, 0.5) is 0 Å². The van der Waals surface area contributed by atoms with Gasteiger partial charge in [0.2, 0.25) is 5.43 Å². The highest BCUT2D eigenvalue weighted by molar-refractivity contribution is 7.00. The van der Waals surface area contributed by atoms with Gasteiger partial charge in [0, 0.05) is 19.3 Å². The number of carbonyl (C=O) groups is 2. The number of aromatic nitrogens is 3. The van der Waals surface area contributed by atoms with Crippen LogP contribution in [0.3, 0.4) is 0 Å². The van der Waals surface area contributed by atoms with E-state index in [-0.39, 0.29) is 24.3 Å². The van der Waals surface area contributed by atoms with Crippen molar-refractivity contribution in [2.75, 3.05) is 13.2 Å². The SMILES string of the molecule is O=C(NCc1ccc2nsnc2c1)c1cn2c(c(O)c1=O)C(=O)N1CCOC1C2. The molecule has 2 aromatic heterocycles. The molecular formula is C18H15N5O5S. The molecule has 4 heterocycles. The summed E-state index contributed by atoms with van der Waals surface area (Å²) in [6.45, 7) is 1.20. The third-order valence-electron chi connectivity index (χ3n) is 5.08. The Bertz CT molecular complexity index is 1220. The molecular weight excluding hydrogens is 398 g/mol. The third kappa shape index (κ3) is 2.86. The van der Waals surface area contributed by atoms with E-state index in [1.165, 1.54) is 15.7 Å². The first-order chi connectivity index (χ1) is 14.0. The second-order valence-electron chi connectivity index (χ2n) is 6.82. The lowest BCUT2D eigenvalue weighted by molar-refractivity contribution is 0.00845. The Morgan fingerprint density at radius 1 is 1.31 bits per heavy atom. The lowest BCUT2D eigenvalue weighted by Gasteiger charge is -2.31. The predicted molar refractivity (Wildman–Crippen MR) is 102 cm³/mol. The molecule has 2 aliphatic heterocycles. The number of benzene rings is 1. The molecule has 1 aromatic carbocycles. The maximum Gasteiger partial charge on any atom is 0.276 e. The molecule has 5 rings (SSSR count). The lowest BCUT2D eigenvalue weighted by Crippen LogP contribution is -2.46. The van der Waals surface area contributed by atoms with Crippen LogP contribution in [0.25, 0.3) is 11.0 Å². The fourth-order valence-corrected chi connectivity index (χ4v) is 4.12. The molecule has 29 heavy (non-hydrogen) atoms. The highest BCUT2D eigenvalue weighted by Crippen LogP contribution is 2.26. The lowest BCUT2D eigenvalue weighted by atomic mass is 10.1. The van der Waals surface area contributed by atoms with Gasteiger partial charge < -0.3 is 24.6 Å². The fourth-order valence-electron chi connectivity index (χ4n) is 3.60. The Kier molecular flexibility index (Phi) is 4.07. The zero-order chi connectivity index (χ0) is 20.1. The van der Waals surface area contributed by atoms with Gasteiger partial charge >= 0.3 is 0 Å². The van der Waals surface area contributed by atoms with Gasteiger partial charge in [0.1, 0.15) is 16.6 Å². The Hall–Kier alpha value is -3.31. The minimum absolute atomic E-state index is 0.116. The summed E-state index contributed by atoms with van der Waals surface area (Å²) < 4.78 is 15.2. The van der Waals surface area contributed by atoms with Crippen LogP contribution in [-0.4, -0.2) is 54.5 Å². The van der Waals surface area contributed by atoms with E-state index < -0.39 is 29.2 Å². The molecule has 0 bridgehead atoms. The molecule has 10 nitrogen and oxygen atoms in total. The van der Waals surface area contributed by atoms with Crippen LogP contribution in [0.1, 0.15) is 26.4 Å². The van der Waals surface area contributed by atoms with Crippen LogP contribution in [0.2, 0.25) is 0 Å². The molecule has 0 radical (unpaired) electrons. The average Bonchev–Trinajstić information content (AvgIpc) is 3.37. The Balaban J connectivity index is 1.42. The summed E-state index contributed by atoms with van der Waals surface area (Å²) in [7, 11) is 0. The van der Waals surface area contributed by atoms with Crippen molar-refractivity contribution in [2.45, 2.75) is 19.3 Å². The minimum atomic E-state index is -0.875. The number of pyridine rings is 1. The van der Waals surface area contributed by atoms with E-state index in [2.05, 4.69) is 14.1 Å². The van der Waals surface area contributed by atoms with Gasteiger partial charge in [-0.3, -0.25) is 14.4 Å². The molecule has 1 fully saturated rings. The van der Waals surface area contributed by atoms with Gasteiger partial charge in [0.05, 0.1) is 24.9 Å². The van der Waals surface area contributed by atoms with Crippen molar-refractivity contribution < 1.29 is 19.4 Å². The highest BCUT2D eigenvalue weighted by Gasteiger charge is 2.39. The second kappa shape index (κ2) is 6.64. The van der Waals surface area contributed by atoms with Crippen LogP contribution in [0.15, 0.2) is 29.2 Å². The number of carbonyl (C=O) groups excluding carboxylic acids is 2. The number of hydrogen-bond donors (Lipinski definition) is 2. The molecule has 0 aliphatic carbocycles. The molecule has 1 saturated heterocycles. The number of amides is 2. The topological polar surface area (TPSA) is 127 Å². The van der Waals surface area contributed by atoms with E-state index >= 15 is 0 Å². The van der Waals surface area contributed by atoms with Crippen LogP contribution in [0, 0.1) is 0 Å². The quantitative estimate of drug-likeness (QED) is 0.632. The molecule has 2 N–H and O–H groups in total. The number of rotatable bonds is 3. The molecule has 2 aliphatic rings. The van der Waals surface area contributed by atoms with E-state index in [4.69, 9.17) is 4.74 Å². The van der Waals surface area contributed by atoms with Crippen molar-refractivity contribution in [3.63, 3.8) is 0 Å². The number of hydrogen-bond acceptors (Lipinski definition) is 8. The molecule has 0 spiro atoms. The van der Waals surface area contributed by atoms with E-state index in [1.807, 2.05) is 6.07 Å². The summed E-state index contributed by atoms with van der Waals surface area (Å²) in [6.07, 6.45) is 0.836. The largest absolute Gasteiger partial charge is 0.503 e. The first kappa shape index (κ1) is 17.8. The number of nitrogens with zero attached hydrogens (tertiary/aromatic N) is 4. The second-order valence-corrected chi connectivity index (χ2v) is 7.34. The van der Waals surface area contributed by atoms with Gasteiger partial charge in [-0.15, -0.1) is 0 Å². The van der Waals surface area contributed by atoms with Crippen molar-refractivity contribution in [1.82, 2.24) is 23.5 Å². The number of aromatic hydroxyl groups is 1. The monoisotopic (exact) mass is 413 g/mol. The van der Waals surface area contributed by atoms with Gasteiger partial charge in [-0.25, -0.2) is 0 Å². The summed E-state index contributed by atoms with van der Waals surface area (Å²) in [5, 5.41) is 13.0. The molecule has 1 unspecified atom stereocenters. The van der Waals surface area contributed by atoms with Crippen molar-refractivity contribution in [1.29, 1.82) is 0 Å². The Morgan fingerprint density at radius 2 is 2.14 bits per heavy atom. The summed E-state index contributed by atoms with van der Waals surface area (Å²) >= 11 is 1.11. The number of fused-ring (bicyclic) bond motifs is 3. The maximum absolute atomic E-state index is 12.6. The van der Waals surface area contributed by atoms with E-state index in [0.717, 1.165) is 28.3 Å². The summed E-state index contributed by atoms with van der Waals surface area (Å²) in [5.41, 5.74) is 1.08. The predicted octanol–water partition coefficient (Wildman–Crippen LogP) is 0.301. The number of ether oxygens (including phenoxy) is 1. The molecule has 3 aromatic rings. The van der Waals surface area contributed by atoms with Crippen LogP contribution in [0.5, 0.6) is 5.75 Å². The average molecular weight is 413 g/mol. The van der Waals surface area contributed by atoms with E-state index in [9.17, 15) is 19.5 Å². The van der Waals surface area contributed by atoms with Crippen molar-refractivity contribution in [2.24, 2.45) is 0 Å². The van der Waals surface area contributed by atoms with E-state index in [1.54, 1.807) is 12.1 Å². The first-order valence-corrected chi connectivity index (χ1v) is 9.64. The highest BCUT2D eigenvalue weighted by atomic mass is 32.1. The minimum Gasteiger partial charge on any atom is -0.503 e. The number of nitrogens with one attached hydrogen (secondary N) is 1. The van der Waals surface area contributed by atoms with Gasteiger partial charge in [0.15, 0.2) is 17.7 Å². The van der Waals surface area contributed by atoms with Crippen LogP contribution in [-0.2, 0) is 17.8 Å². The van der Waals surface area contributed by atoms with Gasteiger partial charge in [-0.1, -0.05) is 6.07 Å². The van der Waals surface area contributed by atoms with Crippen molar-refractivity contribution >= 4 is 34.6 Å². The molecule has 11 heteroatoms. The van der Waals surface area contributed by atoms with E-state index in [0.29, 0.717) is 13.2 Å². The fraction of sp³-hybridized carbons (Fsp3) is 0.278. The molecule has 148 valence electrons. The summed E-state index contributed by atoms with van der Waals surface area (Å²) in [5.74, 6) is -1.84. The first-order valence-electron chi connectivity index (χ1n) is 8.91. The van der Waals surface area contributed by atoms with Crippen LogP contribution >= 0.6 is 11.7 Å². The van der Waals surface area contributed by atoms with Gasteiger partial charge in [-0.05, 0) is 17.7 Å². The normalized spacial score (nSPS) is 18.0. The van der Waals surface area contributed by atoms with Gasteiger partial charge in [0.25, 0.3) is 11.8 Å². The zero-order valence-corrected chi connectivity index (χ0v) is 15.8. The standard InChI is InChI=1S/C18H15N5O5S/c24-15-10(17(26)19-6-9-1-2-11-12(5-9)21-29-20-11)7-22-8-13-23(3-4-28-13)18(27)14(22)16(15)25/h1-2,5,7,13,25H,3-4,6,8H2,(H,19,26). The molecule has 0 saturated carbocycles. The summed E-state index contributed by atoms with van der Waals surface area (Å²) in [4.78, 5) is 39.2. The smallest absolute Gasteiger partial charge is 0.276 e. The maximum atomic E-state index is 12.6. The Morgan fingerprint density at radius 3 is 3.00 bits per heavy atom. The summed E-state index contributed by atoms with van der Waals surface area (Å²) in [6, 6.07) is 5.42. The third-order valence-corrected chi connectivity index (χ3v) is 5.64. The molecule has 1 atom stereocenters.